The van der Waals surface area contributed by atoms with Crippen molar-refractivity contribution in [2.24, 2.45) is 44.6 Å². The SMILES string of the molecule is CCCCCCc1cc(Cl)ccc1N(N=C(N)N)C(=N)N.N=C(N)N(N=C(N)N)c1ccc(Cl)cc1.O=C(O)[C@H](O)[C@@H](O)[C@H](O)[C@H](O)CO. The van der Waals surface area contributed by atoms with Crippen molar-refractivity contribution in [3.05, 3.63) is 58.1 Å². The molecule has 0 bridgehead atoms. The third-order valence-electron chi connectivity index (χ3n) is 6.04. The molecule has 2 rings (SSSR count). The number of hydrogen-bond donors (Lipinski definition) is 14. The summed E-state index contributed by atoms with van der Waals surface area (Å²) < 4.78 is 0. The van der Waals surface area contributed by atoms with Gasteiger partial charge in [-0.1, -0.05) is 49.4 Å². The van der Waals surface area contributed by atoms with E-state index in [0.29, 0.717) is 21.4 Å². The molecular weight excluding hydrogens is 687 g/mol. The van der Waals surface area contributed by atoms with Gasteiger partial charge in [0, 0.05) is 10.0 Å². The summed E-state index contributed by atoms with van der Waals surface area (Å²) in [5, 5.41) is 77.9. The summed E-state index contributed by atoms with van der Waals surface area (Å²) in [5.74, 6) is -2.60. The predicted octanol–water partition coefficient (Wildman–Crippen LogP) is -0.914. The second-order valence-electron chi connectivity index (χ2n) is 10.0. The Morgan fingerprint density at radius 2 is 1.31 bits per heavy atom. The fourth-order valence-corrected chi connectivity index (χ4v) is 3.99. The van der Waals surface area contributed by atoms with Crippen molar-refractivity contribution >= 4 is 64.4 Å². The largest absolute Gasteiger partial charge is 0.479 e. The van der Waals surface area contributed by atoms with Crippen LogP contribution in [0.15, 0.2) is 52.7 Å². The molecule has 0 spiro atoms. The van der Waals surface area contributed by atoms with Crippen molar-refractivity contribution in [2.75, 3.05) is 16.6 Å². The summed E-state index contributed by atoms with van der Waals surface area (Å²) in [4.78, 5) is 10.1. The summed E-state index contributed by atoms with van der Waals surface area (Å²) in [5.41, 5.74) is 34.3. The van der Waals surface area contributed by atoms with Crippen molar-refractivity contribution in [3.63, 3.8) is 0 Å². The molecule has 4 atom stereocenters. The second kappa shape index (κ2) is 22.9. The van der Waals surface area contributed by atoms with Gasteiger partial charge >= 0.3 is 5.97 Å². The van der Waals surface area contributed by atoms with E-state index in [0.717, 1.165) is 29.8 Å². The molecular formula is C28H46Cl2N12O7. The van der Waals surface area contributed by atoms with E-state index < -0.39 is 37.0 Å². The smallest absolute Gasteiger partial charge is 0.335 e. The molecule has 2 aromatic rings. The normalized spacial score (nSPS) is 12.7. The van der Waals surface area contributed by atoms with Crippen molar-refractivity contribution in [1.82, 2.24) is 0 Å². The van der Waals surface area contributed by atoms with Crippen molar-refractivity contribution in [3.8, 4) is 0 Å². The van der Waals surface area contributed by atoms with E-state index in [1.165, 1.54) is 17.9 Å². The molecule has 49 heavy (non-hydrogen) atoms. The molecule has 0 heterocycles. The number of rotatable bonds is 14. The second-order valence-corrected chi connectivity index (χ2v) is 10.9. The molecule has 0 aromatic heterocycles. The first kappa shape index (κ1) is 44.4. The van der Waals surface area contributed by atoms with E-state index in [4.69, 9.17) is 99.1 Å². The molecule has 21 heteroatoms. The number of carboxylic acids is 1. The Hall–Kier alpha value is -4.63. The third-order valence-corrected chi connectivity index (χ3v) is 6.52. The van der Waals surface area contributed by atoms with Gasteiger partial charge in [-0.15, -0.1) is 10.2 Å². The van der Waals surface area contributed by atoms with Crippen molar-refractivity contribution in [2.45, 2.75) is 63.4 Å². The van der Waals surface area contributed by atoms with Crippen LogP contribution in [0.2, 0.25) is 10.0 Å². The van der Waals surface area contributed by atoms with E-state index in [-0.39, 0.29) is 23.8 Å². The lowest BCUT2D eigenvalue weighted by molar-refractivity contribution is -0.164. The lowest BCUT2D eigenvalue weighted by Gasteiger charge is -2.23. The molecule has 0 saturated carbocycles. The van der Waals surface area contributed by atoms with Crippen molar-refractivity contribution < 1.29 is 35.4 Å². The van der Waals surface area contributed by atoms with Crippen LogP contribution in [0, 0.1) is 10.8 Å². The number of aliphatic hydroxyl groups is 5. The number of guanidine groups is 4. The number of unbranched alkanes of at least 4 members (excludes halogenated alkanes) is 3. The van der Waals surface area contributed by atoms with Gasteiger partial charge in [-0.2, -0.15) is 10.0 Å². The maximum Gasteiger partial charge on any atom is 0.335 e. The van der Waals surface area contributed by atoms with Crippen LogP contribution in [0.3, 0.4) is 0 Å². The number of benzene rings is 2. The van der Waals surface area contributed by atoms with Crippen LogP contribution >= 0.6 is 23.2 Å². The standard InChI is InChI=1S/C14H23ClN6.C8H11ClN6.C6H12O7/c1-2-3-4-5-6-10-9-11(15)7-8-12(10)21(14(18)19)20-13(16)17;9-5-1-3-6(4-2-5)15(8(12)13)14-7(10)11;7-1-2(8)3(9)4(10)5(11)6(12)13/h7-9H,2-6H2,1H3,(H3,18,19)(H4,16,17,20);1-4H,(H3,12,13)(H4,10,11,14);2-5,7-11H,1H2,(H,12,13)/t;;2-,3-,4+,5-/m..1/s1. The van der Waals surface area contributed by atoms with Crippen LogP contribution < -0.4 is 44.4 Å². The highest BCUT2D eigenvalue weighted by atomic mass is 35.5. The number of aliphatic hydroxyl groups excluding tert-OH is 5. The summed E-state index contributed by atoms with van der Waals surface area (Å²) in [7, 11) is 0. The van der Waals surface area contributed by atoms with Gasteiger partial charge in [0.15, 0.2) is 6.10 Å². The molecule has 19 nitrogen and oxygen atoms in total. The average Bonchev–Trinajstić information content (AvgIpc) is 3.04. The maximum atomic E-state index is 10.1. The number of hydrazone groups is 2. The molecule has 0 amide bonds. The summed E-state index contributed by atoms with van der Waals surface area (Å²) >= 11 is 11.8. The van der Waals surface area contributed by atoms with Crippen LogP contribution in [-0.2, 0) is 11.2 Å². The molecule has 0 unspecified atom stereocenters. The number of nitrogens with two attached hydrogens (primary N) is 6. The van der Waals surface area contributed by atoms with Gasteiger partial charge in [0.25, 0.3) is 0 Å². The number of carboxylic acid groups (broad SMARTS) is 1. The number of hydrogen-bond acceptors (Lipinski definition) is 10. The number of halogens is 2. The highest BCUT2D eigenvalue weighted by Gasteiger charge is 2.33. The van der Waals surface area contributed by atoms with Gasteiger partial charge in [-0.05, 0) is 60.9 Å². The monoisotopic (exact) mass is 732 g/mol. The van der Waals surface area contributed by atoms with Gasteiger partial charge in [0.2, 0.25) is 23.8 Å². The van der Waals surface area contributed by atoms with Crippen LogP contribution in [0.4, 0.5) is 11.4 Å². The summed E-state index contributed by atoms with van der Waals surface area (Å²) in [6.07, 6.45) is -2.45. The van der Waals surface area contributed by atoms with Crippen LogP contribution in [0.5, 0.6) is 0 Å². The number of aryl methyl sites for hydroxylation is 1. The summed E-state index contributed by atoms with van der Waals surface area (Å²) in [6.45, 7) is 1.33. The quantitative estimate of drug-likeness (QED) is 0.0483. The molecule has 0 fully saturated rings. The van der Waals surface area contributed by atoms with Gasteiger partial charge < -0.3 is 65.0 Å². The zero-order valence-corrected chi connectivity index (χ0v) is 28.2. The minimum Gasteiger partial charge on any atom is -0.479 e. The molecule has 0 aliphatic rings. The topological polar surface area (TPSA) is 373 Å². The molecule has 0 aliphatic carbocycles. The van der Waals surface area contributed by atoms with E-state index in [9.17, 15) is 4.79 Å². The van der Waals surface area contributed by atoms with Crippen molar-refractivity contribution in [1.29, 1.82) is 10.8 Å². The van der Waals surface area contributed by atoms with E-state index in [1.807, 2.05) is 6.07 Å². The molecule has 20 N–H and O–H groups in total. The van der Waals surface area contributed by atoms with Crippen LogP contribution in [0.1, 0.15) is 38.2 Å². The van der Waals surface area contributed by atoms with E-state index >= 15 is 0 Å². The first-order valence-electron chi connectivity index (χ1n) is 14.4. The van der Waals surface area contributed by atoms with Gasteiger partial charge in [-0.3, -0.25) is 10.8 Å². The predicted molar refractivity (Wildman–Crippen MR) is 190 cm³/mol. The van der Waals surface area contributed by atoms with E-state index in [1.54, 1.807) is 36.4 Å². The highest BCUT2D eigenvalue weighted by Crippen LogP contribution is 2.26. The Morgan fingerprint density at radius 3 is 1.76 bits per heavy atom. The van der Waals surface area contributed by atoms with Crippen LogP contribution in [-0.4, -0.2) is 91.5 Å². The highest BCUT2D eigenvalue weighted by molar-refractivity contribution is 6.31. The lowest BCUT2D eigenvalue weighted by atomic mass is 10.0. The molecule has 0 aliphatic heterocycles. The number of anilines is 2. The Bertz CT molecular complexity index is 1390. The van der Waals surface area contributed by atoms with Gasteiger partial charge in [-0.25, -0.2) is 4.79 Å². The fourth-order valence-electron chi connectivity index (χ4n) is 3.67. The molecule has 2 aromatic carbocycles. The molecule has 0 saturated heterocycles. The number of carbonyl (C=O) groups is 1. The zero-order chi connectivity index (χ0) is 37.8. The third kappa shape index (κ3) is 16.9. The zero-order valence-electron chi connectivity index (χ0n) is 26.7. The first-order chi connectivity index (χ1) is 22.9. The lowest BCUT2D eigenvalue weighted by Crippen LogP contribution is -2.48. The first-order valence-corrected chi connectivity index (χ1v) is 15.2. The number of nitrogens with zero attached hydrogens (tertiary/aromatic N) is 4. The Kier molecular flexibility index (Phi) is 20.7. The number of aliphatic carboxylic acids is 1. The minimum absolute atomic E-state index is 0.155. The maximum absolute atomic E-state index is 10.1. The Morgan fingerprint density at radius 1 is 0.796 bits per heavy atom. The number of nitrogens with one attached hydrogen (secondary N) is 2. The Balaban J connectivity index is 0.000000732. The molecule has 274 valence electrons. The van der Waals surface area contributed by atoms with E-state index in [2.05, 4.69) is 17.1 Å². The Labute approximate surface area is 293 Å². The summed E-state index contributed by atoms with van der Waals surface area (Å²) in [6, 6.07) is 12.0. The molecule has 0 radical (unpaired) electrons. The fraction of sp³-hybridized carbons (Fsp3) is 0.393. The average molecular weight is 734 g/mol. The minimum atomic E-state index is -2.20. The van der Waals surface area contributed by atoms with Gasteiger partial charge in [0.05, 0.1) is 18.0 Å². The van der Waals surface area contributed by atoms with Crippen LogP contribution in [0.25, 0.3) is 0 Å². The van der Waals surface area contributed by atoms with Gasteiger partial charge in [0.1, 0.15) is 18.3 Å².